The molecule has 1 aliphatic rings. The van der Waals surface area contributed by atoms with Gasteiger partial charge < -0.3 is 4.43 Å². The Morgan fingerprint density at radius 1 is 1.20 bits per heavy atom. The summed E-state index contributed by atoms with van der Waals surface area (Å²) in [5.74, 6) is 0.611. The van der Waals surface area contributed by atoms with Gasteiger partial charge in [0.1, 0.15) is 0 Å². The highest BCUT2D eigenvalue weighted by atomic mass is 32.2. The van der Waals surface area contributed by atoms with Crippen molar-refractivity contribution in [1.29, 1.82) is 0 Å². The van der Waals surface area contributed by atoms with E-state index in [4.69, 9.17) is 4.43 Å². The number of rotatable bonds is 5. The molecule has 2 rings (SSSR count). The van der Waals surface area contributed by atoms with Gasteiger partial charge in [-0.15, -0.1) is 0 Å². The molecule has 0 bridgehead atoms. The predicted molar refractivity (Wildman–Crippen MR) is 105 cm³/mol. The molecule has 1 heterocycles. The smallest absolute Gasteiger partial charge is 0.250 e. The van der Waals surface area contributed by atoms with E-state index in [0.717, 1.165) is 5.57 Å². The van der Waals surface area contributed by atoms with Crippen molar-refractivity contribution in [3.63, 3.8) is 0 Å². The zero-order valence-corrected chi connectivity index (χ0v) is 17.7. The van der Waals surface area contributed by atoms with Crippen LogP contribution in [-0.2, 0) is 14.4 Å². The number of hydrogen-bond acceptors (Lipinski definition) is 3. The Bertz CT molecular complexity index is 762. The zero-order valence-electron chi connectivity index (χ0n) is 15.9. The van der Waals surface area contributed by atoms with E-state index in [2.05, 4.69) is 40.4 Å². The van der Waals surface area contributed by atoms with Gasteiger partial charge in [-0.1, -0.05) is 51.6 Å². The molecule has 0 unspecified atom stereocenters. The standard InChI is InChI=1S/C19H29NO3SSi/c1-16(23-25(5,6)19(2,3)4)17-11-10-14-20(15-17)24(21,22)18-12-8-7-9-13-18/h7-9,11-13H,1,10,14-15H2,2-6H3. The third-order valence-corrected chi connectivity index (χ3v) is 11.3. The van der Waals surface area contributed by atoms with Crippen LogP contribution in [0.1, 0.15) is 27.2 Å². The lowest BCUT2D eigenvalue weighted by Gasteiger charge is -2.38. The Morgan fingerprint density at radius 3 is 2.36 bits per heavy atom. The lowest BCUT2D eigenvalue weighted by molar-refractivity contribution is 0.371. The van der Waals surface area contributed by atoms with Gasteiger partial charge in [-0.05, 0) is 36.7 Å². The molecule has 0 saturated heterocycles. The molecule has 0 fully saturated rings. The molecule has 4 nitrogen and oxygen atoms in total. The monoisotopic (exact) mass is 379 g/mol. The van der Waals surface area contributed by atoms with Crippen LogP contribution >= 0.6 is 0 Å². The molecule has 0 amide bonds. The fraction of sp³-hybridized carbons (Fsp3) is 0.474. The summed E-state index contributed by atoms with van der Waals surface area (Å²) < 4.78 is 33.4. The summed E-state index contributed by atoms with van der Waals surface area (Å²) in [5.41, 5.74) is 0.871. The van der Waals surface area contributed by atoms with Crippen LogP contribution in [0.4, 0.5) is 0 Å². The minimum Gasteiger partial charge on any atom is -0.544 e. The van der Waals surface area contributed by atoms with Crippen molar-refractivity contribution in [3.05, 3.63) is 54.3 Å². The highest BCUT2D eigenvalue weighted by Gasteiger charge is 2.40. The average Bonchev–Trinajstić information content (AvgIpc) is 2.54. The van der Waals surface area contributed by atoms with Crippen LogP contribution in [0.5, 0.6) is 0 Å². The molecule has 0 aromatic heterocycles. The van der Waals surface area contributed by atoms with Crippen LogP contribution in [0, 0.1) is 0 Å². The van der Waals surface area contributed by atoms with Crippen molar-refractivity contribution in [1.82, 2.24) is 4.31 Å². The van der Waals surface area contributed by atoms with Crippen molar-refractivity contribution >= 4 is 18.3 Å². The molecule has 1 aromatic carbocycles. The second-order valence-electron chi connectivity index (χ2n) is 7.96. The summed E-state index contributed by atoms with van der Waals surface area (Å²) in [6, 6.07) is 8.57. The van der Waals surface area contributed by atoms with E-state index in [9.17, 15) is 8.42 Å². The van der Waals surface area contributed by atoms with Crippen molar-refractivity contribution in [2.24, 2.45) is 0 Å². The maximum Gasteiger partial charge on any atom is 0.250 e. The summed E-state index contributed by atoms with van der Waals surface area (Å²) in [6.07, 6.45) is 2.72. The quantitative estimate of drug-likeness (QED) is 0.557. The Hall–Kier alpha value is -1.37. The summed E-state index contributed by atoms with van der Waals surface area (Å²) in [6.45, 7) is 15.7. The highest BCUT2D eigenvalue weighted by molar-refractivity contribution is 7.89. The number of nitrogens with zero attached hydrogens (tertiary/aromatic N) is 1. The second-order valence-corrected chi connectivity index (χ2v) is 14.6. The first-order chi connectivity index (χ1) is 11.4. The topological polar surface area (TPSA) is 46.6 Å². The number of benzene rings is 1. The predicted octanol–water partition coefficient (Wildman–Crippen LogP) is 4.54. The minimum atomic E-state index is -3.49. The maximum atomic E-state index is 12.8. The van der Waals surface area contributed by atoms with Crippen LogP contribution in [0.15, 0.2) is 59.2 Å². The molecular formula is C19H29NO3SSi. The van der Waals surface area contributed by atoms with E-state index < -0.39 is 18.3 Å². The summed E-state index contributed by atoms with van der Waals surface area (Å²) in [5, 5.41) is 0.0704. The van der Waals surface area contributed by atoms with Gasteiger partial charge in [-0.25, -0.2) is 8.42 Å². The van der Waals surface area contributed by atoms with E-state index in [1.807, 2.05) is 12.1 Å². The Kier molecular flexibility index (Phi) is 5.66. The van der Waals surface area contributed by atoms with E-state index in [-0.39, 0.29) is 5.04 Å². The fourth-order valence-electron chi connectivity index (χ4n) is 2.39. The van der Waals surface area contributed by atoms with Crippen LogP contribution in [0.2, 0.25) is 18.1 Å². The summed E-state index contributed by atoms with van der Waals surface area (Å²) >= 11 is 0. The number of sulfonamides is 1. The second kappa shape index (κ2) is 7.09. The SMILES string of the molecule is C=C(O[Si](C)(C)C(C)(C)C)C1=CCCN(S(=O)(=O)c2ccccc2)C1. The van der Waals surface area contributed by atoms with Gasteiger partial charge in [0.05, 0.1) is 10.7 Å². The molecular weight excluding hydrogens is 350 g/mol. The summed E-state index contributed by atoms with van der Waals surface area (Å²) in [4.78, 5) is 0.326. The van der Waals surface area contributed by atoms with E-state index in [1.54, 1.807) is 24.3 Å². The first-order valence-corrected chi connectivity index (χ1v) is 12.9. The lowest BCUT2D eigenvalue weighted by atomic mass is 10.1. The Balaban J connectivity index is 2.16. The van der Waals surface area contributed by atoms with Crippen molar-refractivity contribution in [2.45, 2.75) is 50.2 Å². The van der Waals surface area contributed by atoms with Gasteiger partial charge in [-0.3, -0.25) is 0 Å². The van der Waals surface area contributed by atoms with Gasteiger partial charge in [0.25, 0.3) is 0 Å². The largest absolute Gasteiger partial charge is 0.544 e. The third kappa shape index (κ3) is 4.43. The van der Waals surface area contributed by atoms with Gasteiger partial charge in [0.15, 0.2) is 0 Å². The van der Waals surface area contributed by atoms with E-state index >= 15 is 0 Å². The van der Waals surface area contributed by atoms with Gasteiger partial charge in [0.2, 0.25) is 18.3 Å². The molecule has 0 aliphatic carbocycles. The van der Waals surface area contributed by atoms with Crippen LogP contribution in [-0.4, -0.2) is 34.1 Å². The zero-order chi connectivity index (χ0) is 18.9. The van der Waals surface area contributed by atoms with Crippen LogP contribution in [0.25, 0.3) is 0 Å². The Morgan fingerprint density at radius 2 is 1.80 bits per heavy atom. The minimum absolute atomic E-state index is 0.0704. The van der Waals surface area contributed by atoms with Gasteiger partial charge in [0, 0.05) is 18.7 Å². The molecule has 138 valence electrons. The van der Waals surface area contributed by atoms with Crippen LogP contribution in [0.3, 0.4) is 0 Å². The van der Waals surface area contributed by atoms with Crippen molar-refractivity contribution < 1.29 is 12.8 Å². The lowest BCUT2D eigenvalue weighted by Crippen LogP contribution is -2.42. The van der Waals surface area contributed by atoms with E-state index in [0.29, 0.717) is 30.2 Å². The molecule has 6 heteroatoms. The first-order valence-electron chi connectivity index (χ1n) is 8.58. The average molecular weight is 380 g/mol. The number of hydrogen-bond donors (Lipinski definition) is 0. The first kappa shape index (κ1) is 19.9. The molecule has 0 radical (unpaired) electrons. The van der Waals surface area contributed by atoms with E-state index in [1.165, 1.54) is 4.31 Å². The summed E-state index contributed by atoms with van der Waals surface area (Å²) in [7, 11) is -5.49. The molecule has 1 aromatic rings. The highest BCUT2D eigenvalue weighted by Crippen LogP contribution is 2.39. The van der Waals surface area contributed by atoms with Gasteiger partial charge >= 0.3 is 0 Å². The van der Waals surface area contributed by atoms with Crippen LogP contribution < -0.4 is 0 Å². The molecule has 0 N–H and O–H groups in total. The van der Waals surface area contributed by atoms with Crippen molar-refractivity contribution in [2.75, 3.05) is 13.1 Å². The third-order valence-electron chi connectivity index (χ3n) is 5.04. The van der Waals surface area contributed by atoms with Gasteiger partial charge in [-0.2, -0.15) is 4.31 Å². The Labute approximate surface area is 153 Å². The molecule has 0 atom stereocenters. The maximum absolute atomic E-state index is 12.8. The fourth-order valence-corrected chi connectivity index (χ4v) is 4.90. The molecule has 25 heavy (non-hydrogen) atoms. The molecule has 0 saturated carbocycles. The normalized spacial score (nSPS) is 17.1. The van der Waals surface area contributed by atoms with Crippen molar-refractivity contribution in [3.8, 4) is 0 Å². The molecule has 0 spiro atoms. The molecule has 1 aliphatic heterocycles.